The van der Waals surface area contributed by atoms with Crippen molar-refractivity contribution in [2.24, 2.45) is 5.92 Å². The Morgan fingerprint density at radius 1 is 1.32 bits per heavy atom. The number of carbonyl (C=O) groups is 2. The van der Waals surface area contributed by atoms with Crippen molar-refractivity contribution in [2.75, 3.05) is 13.2 Å². The Kier molecular flexibility index (Phi) is 4.80. The lowest BCUT2D eigenvalue weighted by Crippen LogP contribution is -2.47. The Hall–Kier alpha value is -1.10. The smallest absolute Gasteiger partial charge is 0.326 e. The Morgan fingerprint density at radius 2 is 2.05 bits per heavy atom. The average molecular weight is 269 g/mol. The number of nitrogens with zero attached hydrogens (tertiary/aromatic N) is 1. The summed E-state index contributed by atoms with van der Waals surface area (Å²) in [4.78, 5) is 25.2. The van der Waals surface area contributed by atoms with Crippen LogP contribution in [-0.4, -0.2) is 47.2 Å². The Bertz CT molecular complexity index is 344. The molecule has 0 radical (unpaired) electrons. The maximum absolute atomic E-state index is 12.2. The molecule has 2 aliphatic rings. The van der Waals surface area contributed by atoms with Crippen molar-refractivity contribution >= 4 is 11.9 Å². The molecule has 108 valence electrons. The summed E-state index contributed by atoms with van der Waals surface area (Å²) in [7, 11) is 0. The summed E-state index contributed by atoms with van der Waals surface area (Å²) >= 11 is 0. The Morgan fingerprint density at radius 3 is 2.74 bits per heavy atom. The highest BCUT2D eigenvalue weighted by molar-refractivity contribution is 5.85. The van der Waals surface area contributed by atoms with Gasteiger partial charge in [0.25, 0.3) is 0 Å². The highest BCUT2D eigenvalue weighted by atomic mass is 16.5. The molecule has 2 fully saturated rings. The fourth-order valence-electron chi connectivity index (χ4n) is 3.42. The van der Waals surface area contributed by atoms with E-state index >= 15 is 0 Å². The van der Waals surface area contributed by atoms with E-state index in [4.69, 9.17) is 4.74 Å². The first-order valence-corrected chi connectivity index (χ1v) is 7.26. The van der Waals surface area contributed by atoms with E-state index in [9.17, 15) is 14.7 Å². The molecule has 0 aromatic rings. The van der Waals surface area contributed by atoms with Crippen LogP contribution in [0, 0.1) is 5.92 Å². The van der Waals surface area contributed by atoms with Gasteiger partial charge in [0.1, 0.15) is 12.6 Å². The van der Waals surface area contributed by atoms with Crippen LogP contribution >= 0.6 is 0 Å². The second kappa shape index (κ2) is 6.37. The van der Waals surface area contributed by atoms with Gasteiger partial charge in [-0.1, -0.05) is 19.8 Å². The molecule has 19 heavy (non-hydrogen) atoms. The van der Waals surface area contributed by atoms with Gasteiger partial charge in [0.05, 0.1) is 0 Å². The summed E-state index contributed by atoms with van der Waals surface area (Å²) < 4.78 is 5.28. The number of carboxylic acids is 1. The van der Waals surface area contributed by atoms with Crippen molar-refractivity contribution in [1.29, 1.82) is 0 Å². The second-order valence-electron chi connectivity index (χ2n) is 5.56. The fraction of sp³-hybridized carbons (Fsp3) is 0.857. The molecule has 1 N–H and O–H groups in total. The topological polar surface area (TPSA) is 66.8 Å². The minimum atomic E-state index is -0.877. The van der Waals surface area contributed by atoms with Gasteiger partial charge >= 0.3 is 5.97 Å². The fourth-order valence-corrected chi connectivity index (χ4v) is 3.42. The molecule has 1 heterocycles. The summed E-state index contributed by atoms with van der Waals surface area (Å²) in [5, 5.41) is 9.32. The van der Waals surface area contributed by atoms with Gasteiger partial charge in [-0.3, -0.25) is 4.79 Å². The predicted octanol–water partition coefficient (Wildman–Crippen LogP) is 1.66. The summed E-state index contributed by atoms with van der Waals surface area (Å²) in [5.74, 6) is -0.668. The highest BCUT2D eigenvalue weighted by Gasteiger charge is 2.47. The van der Waals surface area contributed by atoms with Crippen LogP contribution < -0.4 is 0 Å². The second-order valence-corrected chi connectivity index (χ2v) is 5.56. The monoisotopic (exact) mass is 269 g/mol. The van der Waals surface area contributed by atoms with Gasteiger partial charge in [-0.05, 0) is 31.6 Å². The van der Waals surface area contributed by atoms with E-state index < -0.39 is 12.0 Å². The number of hydrogen-bond donors (Lipinski definition) is 1. The number of amides is 1. The van der Waals surface area contributed by atoms with Gasteiger partial charge in [0, 0.05) is 12.6 Å². The molecule has 1 saturated heterocycles. The van der Waals surface area contributed by atoms with Crippen LogP contribution in [0.4, 0.5) is 0 Å². The zero-order valence-corrected chi connectivity index (χ0v) is 11.5. The summed E-state index contributed by atoms with van der Waals surface area (Å²) in [6.07, 6.45) is 5.71. The lowest BCUT2D eigenvalue weighted by Gasteiger charge is -2.32. The maximum atomic E-state index is 12.2. The predicted molar refractivity (Wildman–Crippen MR) is 69.7 cm³/mol. The summed E-state index contributed by atoms with van der Waals surface area (Å²) in [5.41, 5.74) is 0. The van der Waals surface area contributed by atoms with Crippen LogP contribution in [0.15, 0.2) is 0 Å². The number of fused-ring (bicyclic) bond motifs is 1. The van der Waals surface area contributed by atoms with E-state index in [0.717, 1.165) is 32.1 Å². The van der Waals surface area contributed by atoms with Crippen molar-refractivity contribution in [3.05, 3.63) is 0 Å². The molecule has 5 nitrogen and oxygen atoms in total. The van der Waals surface area contributed by atoms with Gasteiger partial charge in [-0.25, -0.2) is 4.79 Å². The number of carbonyl (C=O) groups excluding carboxylic acids is 1. The van der Waals surface area contributed by atoms with E-state index in [0.29, 0.717) is 18.9 Å². The molecule has 2 rings (SSSR count). The lowest BCUT2D eigenvalue weighted by molar-refractivity contribution is -0.152. The number of aliphatic carboxylic acids is 1. The first-order valence-electron chi connectivity index (χ1n) is 7.26. The molecule has 0 spiro atoms. The average Bonchev–Trinajstić information content (AvgIpc) is 2.78. The first kappa shape index (κ1) is 14.3. The molecule has 0 bridgehead atoms. The van der Waals surface area contributed by atoms with Crippen molar-refractivity contribution in [3.8, 4) is 0 Å². The third kappa shape index (κ3) is 3.08. The largest absolute Gasteiger partial charge is 0.480 e. The minimum Gasteiger partial charge on any atom is -0.480 e. The van der Waals surface area contributed by atoms with E-state index in [1.54, 1.807) is 4.90 Å². The van der Waals surface area contributed by atoms with E-state index in [2.05, 4.69) is 0 Å². The van der Waals surface area contributed by atoms with E-state index in [1.165, 1.54) is 0 Å². The van der Waals surface area contributed by atoms with Crippen LogP contribution in [0.25, 0.3) is 0 Å². The van der Waals surface area contributed by atoms with Gasteiger partial charge in [-0.2, -0.15) is 0 Å². The molecule has 1 saturated carbocycles. The van der Waals surface area contributed by atoms with Crippen LogP contribution in [0.5, 0.6) is 0 Å². The van der Waals surface area contributed by atoms with Crippen molar-refractivity contribution in [2.45, 2.75) is 57.5 Å². The molecular weight excluding hydrogens is 246 g/mol. The summed E-state index contributed by atoms with van der Waals surface area (Å²) in [6.45, 7) is 2.55. The molecule has 0 aromatic heterocycles. The Labute approximate surface area is 113 Å². The van der Waals surface area contributed by atoms with Crippen molar-refractivity contribution < 1.29 is 19.4 Å². The zero-order valence-electron chi connectivity index (χ0n) is 11.5. The SMILES string of the molecule is CCCOCC(=O)N1C(C(=O)O)CC2CCCCC21. The minimum absolute atomic E-state index is 0.0147. The third-order valence-corrected chi connectivity index (χ3v) is 4.24. The highest BCUT2D eigenvalue weighted by Crippen LogP contribution is 2.39. The lowest BCUT2D eigenvalue weighted by atomic mass is 9.85. The van der Waals surface area contributed by atoms with Gasteiger partial charge in [0.15, 0.2) is 0 Å². The molecule has 3 unspecified atom stereocenters. The molecule has 1 aliphatic heterocycles. The van der Waals surface area contributed by atoms with Gasteiger partial charge < -0.3 is 14.7 Å². The van der Waals surface area contributed by atoms with E-state index in [1.807, 2.05) is 6.92 Å². The molecule has 3 atom stereocenters. The van der Waals surface area contributed by atoms with Crippen LogP contribution in [0.3, 0.4) is 0 Å². The number of hydrogen-bond acceptors (Lipinski definition) is 3. The molecule has 1 aliphatic carbocycles. The Balaban J connectivity index is 2.04. The molecule has 5 heteroatoms. The van der Waals surface area contributed by atoms with Crippen LogP contribution in [0.2, 0.25) is 0 Å². The number of ether oxygens (including phenoxy) is 1. The number of rotatable bonds is 5. The quantitative estimate of drug-likeness (QED) is 0.771. The normalized spacial score (nSPS) is 30.2. The van der Waals surface area contributed by atoms with Crippen LogP contribution in [-0.2, 0) is 14.3 Å². The molecule has 0 aromatic carbocycles. The number of likely N-dealkylation sites (tertiary alicyclic amines) is 1. The number of carboxylic acid groups (broad SMARTS) is 1. The third-order valence-electron chi connectivity index (χ3n) is 4.24. The van der Waals surface area contributed by atoms with Gasteiger partial charge in [0.2, 0.25) is 5.91 Å². The van der Waals surface area contributed by atoms with E-state index in [-0.39, 0.29) is 18.6 Å². The van der Waals surface area contributed by atoms with Crippen molar-refractivity contribution in [1.82, 2.24) is 4.90 Å². The van der Waals surface area contributed by atoms with Crippen molar-refractivity contribution in [3.63, 3.8) is 0 Å². The van der Waals surface area contributed by atoms with Crippen LogP contribution in [0.1, 0.15) is 45.4 Å². The maximum Gasteiger partial charge on any atom is 0.326 e. The molecule has 1 amide bonds. The summed E-state index contributed by atoms with van der Waals surface area (Å²) in [6, 6.07) is -0.529. The van der Waals surface area contributed by atoms with Gasteiger partial charge in [-0.15, -0.1) is 0 Å². The molecular formula is C14H23NO4. The standard InChI is InChI=1S/C14H23NO4/c1-2-7-19-9-13(16)15-11-6-4-3-5-10(11)8-12(15)14(17)18/h10-12H,2-9H2,1H3,(H,17,18). The zero-order chi connectivity index (χ0) is 13.8. The first-order chi connectivity index (χ1) is 9.15.